The van der Waals surface area contributed by atoms with Crippen LogP contribution < -0.4 is 0 Å². The lowest BCUT2D eigenvalue weighted by Crippen LogP contribution is -2.10. The largest absolute Gasteiger partial charge is 0.241 e. The second-order valence-corrected chi connectivity index (χ2v) is 6.14. The third-order valence-electron chi connectivity index (χ3n) is 4.90. The van der Waals surface area contributed by atoms with Gasteiger partial charge in [0, 0.05) is 28.8 Å². The summed E-state index contributed by atoms with van der Waals surface area (Å²) in [6.07, 6.45) is 3.68. The molecule has 0 spiro atoms. The van der Waals surface area contributed by atoms with Gasteiger partial charge in [-0.2, -0.15) is 0 Å². The van der Waals surface area contributed by atoms with Crippen molar-refractivity contribution in [1.29, 1.82) is 0 Å². The molecule has 2 atom stereocenters. The SMILES string of the molecule is CCc1ncnc2c1C(c1ccccc1)C(c1ccccc1)C2. The fourth-order valence-corrected chi connectivity index (χ4v) is 3.87. The first kappa shape index (κ1) is 14.1. The fraction of sp³-hybridized carbons (Fsp3) is 0.238. The maximum atomic E-state index is 4.61. The zero-order chi connectivity index (χ0) is 15.6. The Labute approximate surface area is 137 Å². The van der Waals surface area contributed by atoms with Gasteiger partial charge in [-0.25, -0.2) is 9.97 Å². The number of nitrogens with zero attached hydrogens (tertiary/aromatic N) is 2. The monoisotopic (exact) mass is 300 g/mol. The molecule has 1 aromatic heterocycles. The molecule has 0 saturated heterocycles. The summed E-state index contributed by atoms with van der Waals surface area (Å²) < 4.78 is 0. The fourth-order valence-electron chi connectivity index (χ4n) is 3.87. The summed E-state index contributed by atoms with van der Waals surface area (Å²) in [6.45, 7) is 2.18. The van der Waals surface area contributed by atoms with Crippen LogP contribution in [0.4, 0.5) is 0 Å². The summed E-state index contributed by atoms with van der Waals surface area (Å²) in [4.78, 5) is 9.17. The zero-order valence-corrected chi connectivity index (χ0v) is 13.3. The maximum absolute atomic E-state index is 4.61. The second-order valence-electron chi connectivity index (χ2n) is 6.14. The van der Waals surface area contributed by atoms with E-state index >= 15 is 0 Å². The molecule has 3 aromatic rings. The Bertz CT molecular complexity index is 797. The van der Waals surface area contributed by atoms with Crippen molar-refractivity contribution in [3.63, 3.8) is 0 Å². The topological polar surface area (TPSA) is 25.8 Å². The predicted molar refractivity (Wildman–Crippen MR) is 92.6 cm³/mol. The molecule has 23 heavy (non-hydrogen) atoms. The molecule has 4 rings (SSSR count). The summed E-state index contributed by atoms with van der Waals surface area (Å²) in [5.74, 6) is 0.792. The average molecular weight is 300 g/mol. The van der Waals surface area contributed by atoms with Crippen molar-refractivity contribution in [2.45, 2.75) is 31.6 Å². The molecule has 0 N–H and O–H groups in total. The van der Waals surface area contributed by atoms with E-state index in [2.05, 4.69) is 77.6 Å². The van der Waals surface area contributed by atoms with E-state index < -0.39 is 0 Å². The van der Waals surface area contributed by atoms with E-state index in [4.69, 9.17) is 0 Å². The minimum atomic E-state index is 0.352. The van der Waals surface area contributed by atoms with Gasteiger partial charge in [0.05, 0.1) is 0 Å². The van der Waals surface area contributed by atoms with Gasteiger partial charge < -0.3 is 0 Å². The van der Waals surface area contributed by atoms with Crippen LogP contribution in [-0.4, -0.2) is 9.97 Å². The summed E-state index contributed by atoms with van der Waals surface area (Å²) in [5, 5.41) is 0. The lowest BCUT2D eigenvalue weighted by atomic mass is 9.81. The lowest BCUT2D eigenvalue weighted by molar-refractivity contribution is 0.651. The molecule has 1 aliphatic rings. The number of fused-ring (bicyclic) bond motifs is 1. The first-order valence-electron chi connectivity index (χ1n) is 8.31. The number of hydrogen-bond donors (Lipinski definition) is 0. The first-order valence-corrected chi connectivity index (χ1v) is 8.31. The van der Waals surface area contributed by atoms with Crippen molar-refractivity contribution in [2.24, 2.45) is 0 Å². The van der Waals surface area contributed by atoms with Crippen LogP contribution in [-0.2, 0) is 12.8 Å². The molecule has 0 bridgehead atoms. The molecule has 0 aliphatic heterocycles. The second kappa shape index (κ2) is 5.96. The molecule has 0 fully saturated rings. The molecule has 2 nitrogen and oxygen atoms in total. The Morgan fingerprint density at radius 3 is 2.17 bits per heavy atom. The summed E-state index contributed by atoms with van der Waals surface area (Å²) in [5.41, 5.74) is 6.53. The Morgan fingerprint density at radius 2 is 1.52 bits per heavy atom. The number of rotatable bonds is 3. The van der Waals surface area contributed by atoms with Crippen molar-refractivity contribution in [1.82, 2.24) is 9.97 Å². The molecule has 0 saturated carbocycles. The van der Waals surface area contributed by atoms with Crippen molar-refractivity contribution < 1.29 is 0 Å². The Hall–Kier alpha value is -2.48. The van der Waals surface area contributed by atoms with Gasteiger partial charge in [0.15, 0.2) is 0 Å². The molecular formula is C21H20N2. The van der Waals surface area contributed by atoms with E-state index in [0.717, 1.165) is 12.8 Å². The van der Waals surface area contributed by atoms with Crippen molar-refractivity contribution in [3.05, 3.63) is 95.1 Å². The van der Waals surface area contributed by atoms with Crippen LogP contribution in [0.2, 0.25) is 0 Å². The Balaban J connectivity index is 1.89. The summed E-state index contributed by atoms with van der Waals surface area (Å²) in [6, 6.07) is 21.6. The van der Waals surface area contributed by atoms with E-state index in [0.29, 0.717) is 11.8 Å². The van der Waals surface area contributed by atoms with E-state index in [-0.39, 0.29) is 0 Å². The van der Waals surface area contributed by atoms with Gasteiger partial charge in [-0.3, -0.25) is 0 Å². The first-order chi connectivity index (χ1) is 11.4. The highest BCUT2D eigenvalue weighted by Gasteiger charge is 2.37. The van der Waals surface area contributed by atoms with E-state index in [9.17, 15) is 0 Å². The molecule has 2 unspecified atom stereocenters. The van der Waals surface area contributed by atoms with Gasteiger partial charge in [-0.05, 0) is 24.0 Å². The van der Waals surface area contributed by atoms with E-state index in [1.165, 1.54) is 28.1 Å². The standard InChI is InChI=1S/C21H20N2/c1-2-18-21-19(23-14-22-18)13-17(15-9-5-3-6-10-15)20(21)16-11-7-4-8-12-16/h3-12,14,17,20H,2,13H2,1H3. The van der Waals surface area contributed by atoms with Crippen LogP contribution in [0.1, 0.15) is 46.8 Å². The molecule has 1 heterocycles. The Morgan fingerprint density at radius 1 is 0.870 bits per heavy atom. The molecule has 114 valence electrons. The molecule has 2 aromatic carbocycles. The predicted octanol–water partition coefficient (Wildman–Crippen LogP) is 4.51. The Kier molecular flexibility index (Phi) is 3.66. The number of aromatic nitrogens is 2. The molecular weight excluding hydrogens is 280 g/mol. The van der Waals surface area contributed by atoms with Gasteiger partial charge in [0.25, 0.3) is 0 Å². The van der Waals surface area contributed by atoms with Gasteiger partial charge in [0.1, 0.15) is 6.33 Å². The van der Waals surface area contributed by atoms with Crippen LogP contribution in [0, 0.1) is 0 Å². The smallest absolute Gasteiger partial charge is 0.115 e. The van der Waals surface area contributed by atoms with Crippen LogP contribution in [0.3, 0.4) is 0 Å². The summed E-state index contributed by atoms with van der Waals surface area (Å²) >= 11 is 0. The highest BCUT2D eigenvalue weighted by molar-refractivity contribution is 5.47. The minimum absolute atomic E-state index is 0.352. The van der Waals surface area contributed by atoms with Gasteiger partial charge in [0.2, 0.25) is 0 Å². The maximum Gasteiger partial charge on any atom is 0.115 e. The zero-order valence-electron chi connectivity index (χ0n) is 13.3. The molecule has 0 radical (unpaired) electrons. The normalized spacial score (nSPS) is 19.5. The molecule has 0 amide bonds. The van der Waals surface area contributed by atoms with Gasteiger partial charge in [-0.1, -0.05) is 67.6 Å². The average Bonchev–Trinajstić information content (AvgIpc) is 3.03. The third-order valence-corrected chi connectivity index (χ3v) is 4.90. The molecule has 1 aliphatic carbocycles. The molecule has 2 heteroatoms. The highest BCUT2D eigenvalue weighted by Crippen LogP contribution is 2.47. The highest BCUT2D eigenvalue weighted by atomic mass is 14.9. The van der Waals surface area contributed by atoms with E-state index in [1.54, 1.807) is 6.33 Å². The third kappa shape index (κ3) is 2.44. The lowest BCUT2D eigenvalue weighted by Gasteiger charge is -2.22. The van der Waals surface area contributed by atoms with Crippen LogP contribution >= 0.6 is 0 Å². The van der Waals surface area contributed by atoms with Crippen LogP contribution in [0.25, 0.3) is 0 Å². The van der Waals surface area contributed by atoms with Crippen molar-refractivity contribution >= 4 is 0 Å². The van der Waals surface area contributed by atoms with Crippen molar-refractivity contribution in [2.75, 3.05) is 0 Å². The van der Waals surface area contributed by atoms with Crippen LogP contribution in [0.5, 0.6) is 0 Å². The number of hydrogen-bond acceptors (Lipinski definition) is 2. The number of benzene rings is 2. The summed E-state index contributed by atoms with van der Waals surface area (Å²) in [7, 11) is 0. The van der Waals surface area contributed by atoms with Crippen molar-refractivity contribution in [3.8, 4) is 0 Å². The number of aryl methyl sites for hydroxylation is 1. The van der Waals surface area contributed by atoms with E-state index in [1.807, 2.05) is 0 Å². The van der Waals surface area contributed by atoms with Gasteiger partial charge >= 0.3 is 0 Å². The quantitative estimate of drug-likeness (QED) is 0.711. The van der Waals surface area contributed by atoms with Gasteiger partial charge in [-0.15, -0.1) is 0 Å². The minimum Gasteiger partial charge on any atom is -0.241 e. The van der Waals surface area contributed by atoms with Crippen LogP contribution in [0.15, 0.2) is 67.0 Å².